The number of benzene rings is 2. The fraction of sp³-hybridized carbons (Fsp3) is 0.176. The second kappa shape index (κ2) is 8.19. The highest BCUT2D eigenvalue weighted by atomic mass is 35.5. The van der Waals surface area contributed by atoms with Crippen LogP contribution >= 0.6 is 11.6 Å². The number of hydrogen-bond donors (Lipinski definition) is 1. The van der Waals surface area contributed by atoms with Crippen molar-refractivity contribution in [3.8, 4) is 11.5 Å². The molecule has 0 saturated heterocycles. The standard InChI is InChI=1S/C17H17ClN2O3/c1-12(15-5-3-4-6-16(15)18)19-20-17(21)11-23-14-9-7-13(22-2)8-10-14/h3-10H,11H2,1-2H3,(H,20,21)/b19-12-. The normalized spacial score (nSPS) is 11.0. The van der Waals surface area contributed by atoms with E-state index in [1.807, 2.05) is 18.2 Å². The van der Waals surface area contributed by atoms with Gasteiger partial charge in [0.25, 0.3) is 5.91 Å². The zero-order chi connectivity index (χ0) is 16.7. The number of hydrogen-bond acceptors (Lipinski definition) is 4. The van der Waals surface area contributed by atoms with Crippen LogP contribution in [0.25, 0.3) is 0 Å². The second-order valence-electron chi connectivity index (χ2n) is 4.68. The zero-order valence-corrected chi connectivity index (χ0v) is 13.6. The van der Waals surface area contributed by atoms with Crippen molar-refractivity contribution in [1.29, 1.82) is 0 Å². The summed E-state index contributed by atoms with van der Waals surface area (Å²) in [6, 6.07) is 14.3. The molecule has 0 aliphatic heterocycles. The zero-order valence-electron chi connectivity index (χ0n) is 12.9. The number of nitrogens with one attached hydrogen (secondary N) is 1. The van der Waals surface area contributed by atoms with Crippen LogP contribution in [0.1, 0.15) is 12.5 Å². The van der Waals surface area contributed by atoms with E-state index in [1.165, 1.54) is 0 Å². The van der Waals surface area contributed by atoms with Gasteiger partial charge in [0.2, 0.25) is 0 Å². The molecule has 0 atom stereocenters. The average molecular weight is 333 g/mol. The molecule has 2 aromatic carbocycles. The summed E-state index contributed by atoms with van der Waals surface area (Å²) in [6.45, 7) is 1.64. The Kier molecular flexibility index (Phi) is 6.00. The molecule has 1 N–H and O–H groups in total. The van der Waals surface area contributed by atoms with E-state index in [1.54, 1.807) is 44.4 Å². The van der Waals surface area contributed by atoms with Crippen LogP contribution in [0.15, 0.2) is 53.6 Å². The topological polar surface area (TPSA) is 59.9 Å². The minimum atomic E-state index is -0.354. The van der Waals surface area contributed by atoms with Gasteiger partial charge in [0.15, 0.2) is 6.61 Å². The molecule has 2 aromatic rings. The monoisotopic (exact) mass is 332 g/mol. The summed E-state index contributed by atoms with van der Waals surface area (Å²) in [6.07, 6.45) is 0. The lowest BCUT2D eigenvalue weighted by atomic mass is 10.1. The minimum absolute atomic E-state index is 0.133. The number of nitrogens with zero attached hydrogens (tertiary/aromatic N) is 1. The summed E-state index contributed by atoms with van der Waals surface area (Å²) in [5.41, 5.74) is 3.83. The fourth-order valence-corrected chi connectivity index (χ4v) is 2.09. The van der Waals surface area contributed by atoms with Gasteiger partial charge in [0.1, 0.15) is 11.5 Å². The van der Waals surface area contributed by atoms with Gasteiger partial charge in [0, 0.05) is 10.6 Å². The molecule has 0 aliphatic carbocycles. The quantitative estimate of drug-likeness (QED) is 0.652. The molecule has 0 radical (unpaired) electrons. The molecule has 0 aromatic heterocycles. The van der Waals surface area contributed by atoms with Crippen LogP contribution in [0.3, 0.4) is 0 Å². The molecule has 0 spiro atoms. The third kappa shape index (κ3) is 5.00. The molecule has 0 aliphatic rings. The number of carbonyl (C=O) groups is 1. The Morgan fingerprint density at radius 3 is 2.43 bits per heavy atom. The SMILES string of the molecule is COc1ccc(OCC(=O)N/N=C(/C)c2ccccc2Cl)cc1. The van der Waals surface area contributed by atoms with Gasteiger partial charge in [-0.3, -0.25) is 4.79 Å². The molecular weight excluding hydrogens is 316 g/mol. The number of amides is 1. The molecule has 23 heavy (non-hydrogen) atoms. The van der Waals surface area contributed by atoms with Crippen LogP contribution in [0.4, 0.5) is 0 Å². The number of methoxy groups -OCH3 is 1. The van der Waals surface area contributed by atoms with Gasteiger partial charge in [-0.05, 0) is 37.3 Å². The lowest BCUT2D eigenvalue weighted by molar-refractivity contribution is -0.123. The van der Waals surface area contributed by atoms with E-state index < -0.39 is 0 Å². The first-order chi connectivity index (χ1) is 11.1. The van der Waals surface area contributed by atoms with Crippen molar-refractivity contribution in [2.45, 2.75) is 6.92 Å². The molecular formula is C17H17ClN2O3. The first-order valence-electron chi connectivity index (χ1n) is 6.95. The molecule has 0 saturated carbocycles. The van der Waals surface area contributed by atoms with Gasteiger partial charge in [-0.1, -0.05) is 29.8 Å². The van der Waals surface area contributed by atoms with Gasteiger partial charge in [-0.2, -0.15) is 5.10 Å². The van der Waals surface area contributed by atoms with E-state index in [2.05, 4.69) is 10.5 Å². The average Bonchev–Trinajstić information content (AvgIpc) is 2.58. The Morgan fingerprint density at radius 1 is 1.13 bits per heavy atom. The Balaban J connectivity index is 1.87. The molecule has 6 heteroatoms. The largest absolute Gasteiger partial charge is 0.497 e. The van der Waals surface area contributed by atoms with Crippen molar-refractivity contribution in [3.05, 3.63) is 59.1 Å². The van der Waals surface area contributed by atoms with Crippen LogP contribution in [0, 0.1) is 0 Å². The maximum atomic E-state index is 11.8. The van der Waals surface area contributed by atoms with Crippen molar-refractivity contribution >= 4 is 23.2 Å². The van der Waals surface area contributed by atoms with Gasteiger partial charge in [-0.15, -0.1) is 0 Å². The molecule has 120 valence electrons. The highest BCUT2D eigenvalue weighted by Crippen LogP contribution is 2.17. The van der Waals surface area contributed by atoms with E-state index >= 15 is 0 Å². The third-order valence-corrected chi connectivity index (χ3v) is 3.37. The van der Waals surface area contributed by atoms with Gasteiger partial charge >= 0.3 is 0 Å². The van der Waals surface area contributed by atoms with Crippen molar-refractivity contribution in [2.75, 3.05) is 13.7 Å². The summed E-state index contributed by atoms with van der Waals surface area (Å²) in [7, 11) is 1.59. The van der Waals surface area contributed by atoms with E-state index in [-0.39, 0.29) is 12.5 Å². The Labute approximate surface area is 139 Å². The maximum absolute atomic E-state index is 11.8. The molecule has 2 rings (SSSR count). The third-order valence-electron chi connectivity index (χ3n) is 3.04. The summed E-state index contributed by atoms with van der Waals surface area (Å²) < 4.78 is 10.4. The van der Waals surface area contributed by atoms with Crippen LogP contribution < -0.4 is 14.9 Å². The van der Waals surface area contributed by atoms with Crippen LogP contribution in [-0.4, -0.2) is 25.3 Å². The smallest absolute Gasteiger partial charge is 0.277 e. The Morgan fingerprint density at radius 2 is 1.78 bits per heavy atom. The van der Waals surface area contributed by atoms with Crippen molar-refractivity contribution < 1.29 is 14.3 Å². The van der Waals surface area contributed by atoms with Crippen LogP contribution in [0.2, 0.25) is 5.02 Å². The van der Waals surface area contributed by atoms with Crippen molar-refractivity contribution in [1.82, 2.24) is 5.43 Å². The Hall–Kier alpha value is -2.53. The molecule has 0 bridgehead atoms. The molecule has 5 nitrogen and oxygen atoms in total. The minimum Gasteiger partial charge on any atom is -0.497 e. The summed E-state index contributed by atoms with van der Waals surface area (Å²) in [5, 5.41) is 4.61. The molecule has 0 fully saturated rings. The highest BCUT2D eigenvalue weighted by molar-refractivity contribution is 6.34. The predicted molar refractivity (Wildman–Crippen MR) is 90.3 cm³/mol. The Bertz CT molecular complexity index is 699. The van der Waals surface area contributed by atoms with Crippen molar-refractivity contribution in [2.24, 2.45) is 5.10 Å². The maximum Gasteiger partial charge on any atom is 0.277 e. The van der Waals surface area contributed by atoms with Crippen molar-refractivity contribution in [3.63, 3.8) is 0 Å². The van der Waals surface area contributed by atoms with Gasteiger partial charge in [-0.25, -0.2) is 5.43 Å². The predicted octanol–water partition coefficient (Wildman–Crippen LogP) is 3.27. The van der Waals surface area contributed by atoms with Gasteiger partial charge < -0.3 is 9.47 Å². The second-order valence-corrected chi connectivity index (χ2v) is 5.08. The number of carbonyl (C=O) groups excluding carboxylic acids is 1. The van der Waals surface area contributed by atoms with E-state index in [0.717, 1.165) is 11.3 Å². The first-order valence-corrected chi connectivity index (χ1v) is 7.33. The van der Waals surface area contributed by atoms with Crippen LogP contribution in [-0.2, 0) is 4.79 Å². The number of hydrazone groups is 1. The summed E-state index contributed by atoms with van der Waals surface area (Å²) >= 11 is 6.07. The number of rotatable bonds is 6. The lowest BCUT2D eigenvalue weighted by Gasteiger charge is -2.07. The summed E-state index contributed by atoms with van der Waals surface area (Å²) in [5.74, 6) is 0.946. The highest BCUT2D eigenvalue weighted by Gasteiger charge is 2.05. The summed E-state index contributed by atoms with van der Waals surface area (Å²) in [4.78, 5) is 11.8. The molecule has 0 unspecified atom stereocenters. The number of ether oxygens (including phenoxy) is 2. The fourth-order valence-electron chi connectivity index (χ4n) is 1.81. The molecule has 0 heterocycles. The number of halogens is 1. The van der Waals surface area contributed by atoms with E-state index in [9.17, 15) is 4.79 Å². The lowest BCUT2D eigenvalue weighted by Crippen LogP contribution is -2.25. The van der Waals surface area contributed by atoms with Crippen LogP contribution in [0.5, 0.6) is 11.5 Å². The van der Waals surface area contributed by atoms with E-state index in [4.69, 9.17) is 21.1 Å². The first kappa shape index (κ1) is 16.8. The van der Waals surface area contributed by atoms with Gasteiger partial charge in [0.05, 0.1) is 12.8 Å². The molecule has 1 amide bonds. The van der Waals surface area contributed by atoms with E-state index in [0.29, 0.717) is 16.5 Å².